The molecule has 0 aliphatic heterocycles. The quantitative estimate of drug-likeness (QED) is 0.274. The van der Waals surface area contributed by atoms with E-state index in [4.69, 9.17) is 11.6 Å². The predicted molar refractivity (Wildman–Crippen MR) is 161 cm³/mol. The Bertz CT molecular complexity index is 1550. The number of hydrogen-bond acceptors (Lipinski definition) is 5. The van der Waals surface area contributed by atoms with E-state index in [-0.39, 0.29) is 28.8 Å². The zero-order chi connectivity index (χ0) is 29.1. The molecule has 210 valence electrons. The second-order valence-electron chi connectivity index (χ2n) is 10.7. The third-order valence-electron chi connectivity index (χ3n) is 6.78. The van der Waals surface area contributed by atoms with Gasteiger partial charge in [-0.3, -0.25) is 13.8 Å². The van der Waals surface area contributed by atoms with Gasteiger partial charge in [-0.1, -0.05) is 37.6 Å². The Labute approximate surface area is 238 Å². The molecule has 0 fully saturated rings. The van der Waals surface area contributed by atoms with Crippen molar-refractivity contribution in [3.63, 3.8) is 0 Å². The van der Waals surface area contributed by atoms with Gasteiger partial charge in [-0.2, -0.15) is 0 Å². The fraction of sp³-hybridized carbons (Fsp3) is 0.400. The number of nitrogens with zero attached hydrogens (tertiary/aromatic N) is 1. The summed E-state index contributed by atoms with van der Waals surface area (Å²) in [5.41, 5.74) is 3.00. The van der Waals surface area contributed by atoms with Crippen LogP contribution in [0, 0.1) is 0 Å². The van der Waals surface area contributed by atoms with Crippen LogP contribution in [-0.2, 0) is 33.4 Å². The van der Waals surface area contributed by atoms with E-state index in [9.17, 15) is 22.2 Å². The van der Waals surface area contributed by atoms with Crippen LogP contribution in [0.3, 0.4) is 0 Å². The van der Waals surface area contributed by atoms with E-state index in [0.717, 1.165) is 0 Å². The molecule has 9 heteroatoms. The molecule has 1 heterocycles. The van der Waals surface area contributed by atoms with Gasteiger partial charge >= 0.3 is 0 Å². The first-order valence-electron chi connectivity index (χ1n) is 12.9. The minimum absolute atomic E-state index is 0.00456. The zero-order valence-corrected chi connectivity index (χ0v) is 25.7. The highest BCUT2D eigenvalue weighted by Gasteiger charge is 2.27. The molecule has 0 radical (unpaired) electrons. The van der Waals surface area contributed by atoms with Gasteiger partial charge in [0.2, 0.25) is 0 Å². The van der Waals surface area contributed by atoms with E-state index >= 15 is 0 Å². The molecule has 0 N–H and O–H groups in total. The average molecular weight is 590 g/mol. The molecular weight excluding hydrogens is 554 g/mol. The molecule has 0 amide bonds. The van der Waals surface area contributed by atoms with Gasteiger partial charge in [0.1, 0.15) is 0 Å². The highest BCUT2D eigenvalue weighted by molar-refractivity contribution is 7.90. The number of carbonyl (C=O) groups is 1. The van der Waals surface area contributed by atoms with Crippen molar-refractivity contribution in [3.8, 4) is 11.1 Å². The molecular formula is C30H36ClNO5S2. The van der Waals surface area contributed by atoms with Crippen LogP contribution in [0.1, 0.15) is 74.0 Å². The molecule has 2 atom stereocenters. The number of benzene rings is 2. The smallest absolute Gasteiger partial charge is 0.250 e. The van der Waals surface area contributed by atoms with Crippen LogP contribution >= 0.6 is 11.6 Å². The van der Waals surface area contributed by atoms with Gasteiger partial charge in [-0.05, 0) is 80.1 Å². The van der Waals surface area contributed by atoms with Gasteiger partial charge in [0.05, 0.1) is 5.75 Å². The molecule has 2 aromatic carbocycles. The van der Waals surface area contributed by atoms with Crippen molar-refractivity contribution in [2.45, 2.75) is 57.5 Å². The first-order chi connectivity index (χ1) is 18.2. The summed E-state index contributed by atoms with van der Waals surface area (Å²) in [5, 5.41) is 0.505. The van der Waals surface area contributed by atoms with Crippen molar-refractivity contribution >= 4 is 38.0 Å². The van der Waals surface area contributed by atoms with E-state index < -0.39 is 25.4 Å². The largest absolute Gasteiger partial charge is 0.318 e. The molecule has 39 heavy (non-hydrogen) atoms. The van der Waals surface area contributed by atoms with Crippen LogP contribution < -0.4 is 5.56 Å². The molecule has 0 aliphatic carbocycles. The topological polar surface area (TPSA) is 90.3 Å². The molecule has 6 nitrogen and oxygen atoms in total. The van der Waals surface area contributed by atoms with Crippen LogP contribution in [-0.4, -0.2) is 39.2 Å². The Morgan fingerprint density at radius 1 is 1.03 bits per heavy atom. The lowest BCUT2D eigenvalue weighted by Gasteiger charge is -2.25. The summed E-state index contributed by atoms with van der Waals surface area (Å²) in [6, 6.07) is 13.2. The second-order valence-corrected chi connectivity index (χ2v) is 15.8. The van der Waals surface area contributed by atoms with Crippen molar-refractivity contribution < 1.29 is 17.4 Å². The lowest BCUT2D eigenvalue weighted by Crippen LogP contribution is -2.28. The normalized spacial score (nSPS) is 13.7. The Morgan fingerprint density at radius 3 is 2.23 bits per heavy atom. The maximum atomic E-state index is 13.7. The number of aromatic nitrogens is 1. The van der Waals surface area contributed by atoms with Crippen LogP contribution in [0.15, 0.2) is 59.5 Å². The highest BCUT2D eigenvalue weighted by atomic mass is 35.5. The van der Waals surface area contributed by atoms with Crippen molar-refractivity contribution in [1.82, 2.24) is 4.57 Å². The Kier molecular flexibility index (Phi) is 9.78. The summed E-state index contributed by atoms with van der Waals surface area (Å²) < 4.78 is 39.1. The number of halogens is 1. The second kappa shape index (κ2) is 12.3. The van der Waals surface area contributed by atoms with E-state index in [1.165, 1.54) is 4.57 Å². The maximum absolute atomic E-state index is 13.7. The summed E-state index contributed by atoms with van der Waals surface area (Å²) in [6.07, 6.45) is 2.32. The van der Waals surface area contributed by atoms with E-state index in [1.54, 1.807) is 68.7 Å². The van der Waals surface area contributed by atoms with E-state index in [2.05, 4.69) is 0 Å². The summed E-state index contributed by atoms with van der Waals surface area (Å²) in [6.45, 7) is 9.33. The summed E-state index contributed by atoms with van der Waals surface area (Å²) in [5.74, 6) is -0.286. The molecule has 1 aromatic heterocycles. The molecule has 0 saturated carbocycles. The van der Waals surface area contributed by atoms with Crippen molar-refractivity contribution in [2.24, 2.45) is 7.05 Å². The Morgan fingerprint density at radius 2 is 1.67 bits per heavy atom. The van der Waals surface area contributed by atoms with E-state index in [0.29, 0.717) is 50.6 Å². The average Bonchev–Trinajstić information content (AvgIpc) is 2.87. The summed E-state index contributed by atoms with van der Waals surface area (Å²) in [4.78, 5) is 26.6. The molecule has 0 unspecified atom stereocenters. The van der Waals surface area contributed by atoms with Gasteiger partial charge in [0.15, 0.2) is 15.6 Å². The molecule has 0 spiro atoms. The fourth-order valence-corrected chi connectivity index (χ4v) is 6.58. The number of ketones is 1. The van der Waals surface area contributed by atoms with Gasteiger partial charge in [-0.15, -0.1) is 0 Å². The van der Waals surface area contributed by atoms with Crippen LogP contribution in [0.4, 0.5) is 0 Å². The zero-order valence-electron chi connectivity index (χ0n) is 23.3. The third-order valence-corrected chi connectivity index (χ3v) is 10.8. The van der Waals surface area contributed by atoms with Gasteiger partial charge in [0.25, 0.3) is 5.56 Å². The monoisotopic (exact) mass is 589 g/mol. The number of rotatable bonds is 10. The van der Waals surface area contributed by atoms with Gasteiger partial charge in [0, 0.05) is 68.1 Å². The van der Waals surface area contributed by atoms with E-state index in [1.807, 2.05) is 27.7 Å². The third kappa shape index (κ3) is 7.56. The summed E-state index contributed by atoms with van der Waals surface area (Å²) in [7, 11) is -2.88. The van der Waals surface area contributed by atoms with Gasteiger partial charge < -0.3 is 4.57 Å². The number of carbonyl (C=O) groups excluding carboxylic acids is 1. The fourth-order valence-electron chi connectivity index (χ4n) is 4.28. The minimum atomic E-state index is -3.33. The maximum Gasteiger partial charge on any atom is 0.250 e. The standard InChI is InChI=1S/C30H36ClNO5S2/c1-7-21(18-38(35)30(3,4)5)25-16-28(33)32(6)17-27(25)26-15-20(19-39(36,37)8-2)9-14-24(26)29(34)22-10-12-23(31)13-11-22/h9-17,21H,7-8,18-19H2,1-6H3/t21-,38-/m1/s1. The molecule has 0 saturated heterocycles. The lowest BCUT2D eigenvalue weighted by atomic mass is 9.87. The Hall–Kier alpha value is -2.55. The van der Waals surface area contributed by atoms with Crippen molar-refractivity contribution in [3.05, 3.63) is 92.4 Å². The number of aryl methyl sites for hydroxylation is 1. The number of sulfone groups is 1. The van der Waals surface area contributed by atoms with Crippen LogP contribution in [0.5, 0.6) is 0 Å². The minimum Gasteiger partial charge on any atom is -0.318 e. The molecule has 3 rings (SSSR count). The van der Waals surface area contributed by atoms with Gasteiger partial charge in [-0.25, -0.2) is 8.42 Å². The van der Waals surface area contributed by atoms with Crippen molar-refractivity contribution in [1.29, 1.82) is 0 Å². The summed E-state index contributed by atoms with van der Waals surface area (Å²) >= 11 is 6.04. The predicted octanol–water partition coefficient (Wildman–Crippen LogP) is 5.91. The highest BCUT2D eigenvalue weighted by Crippen LogP contribution is 2.35. The van der Waals surface area contributed by atoms with Crippen molar-refractivity contribution in [2.75, 3.05) is 11.5 Å². The van der Waals surface area contributed by atoms with Crippen LogP contribution in [0.25, 0.3) is 11.1 Å². The first kappa shape index (κ1) is 31.0. The first-order valence-corrected chi connectivity index (χ1v) is 16.4. The number of hydrogen-bond donors (Lipinski definition) is 0. The molecule has 0 bridgehead atoms. The molecule has 3 aromatic rings. The SMILES string of the molecule is CC[C@H](C[S@@](=O)C(C)(C)C)c1cc(=O)n(C)cc1-c1cc(CS(=O)(=O)CC)ccc1C(=O)c1ccc(Cl)cc1. The molecule has 0 aliphatic rings. The Balaban J connectivity index is 2.30. The van der Waals surface area contributed by atoms with Crippen LogP contribution in [0.2, 0.25) is 5.02 Å². The number of pyridine rings is 1. The lowest BCUT2D eigenvalue weighted by molar-refractivity contribution is 0.103.